The Morgan fingerprint density at radius 3 is 2.66 bits per heavy atom. The molecule has 0 spiro atoms. The predicted octanol–water partition coefficient (Wildman–Crippen LogP) is 4.87. The number of anilines is 1. The van der Waals surface area contributed by atoms with Crippen LogP contribution in [0, 0.1) is 6.92 Å². The van der Waals surface area contributed by atoms with E-state index in [4.69, 9.17) is 9.72 Å². The number of carbonyl (C=O) groups excluding carboxylic acids is 1. The number of fused-ring (bicyclic) bond motifs is 1. The van der Waals surface area contributed by atoms with Crippen molar-refractivity contribution in [3.63, 3.8) is 0 Å². The summed E-state index contributed by atoms with van der Waals surface area (Å²) >= 11 is 0. The van der Waals surface area contributed by atoms with Gasteiger partial charge in [0.1, 0.15) is 24.3 Å². The summed E-state index contributed by atoms with van der Waals surface area (Å²) < 4.78 is 7.90. The van der Waals surface area contributed by atoms with E-state index in [0.717, 1.165) is 40.3 Å². The zero-order valence-electron chi connectivity index (χ0n) is 20.2. The lowest BCUT2D eigenvalue weighted by Gasteiger charge is -2.19. The van der Waals surface area contributed by atoms with Gasteiger partial charge in [-0.05, 0) is 60.9 Å². The fraction of sp³-hybridized carbons (Fsp3) is 0.310. The van der Waals surface area contributed by atoms with Crippen molar-refractivity contribution in [1.82, 2.24) is 9.55 Å². The van der Waals surface area contributed by atoms with E-state index in [1.807, 2.05) is 72.5 Å². The molecule has 0 bridgehead atoms. The predicted molar refractivity (Wildman–Crippen MR) is 138 cm³/mol. The van der Waals surface area contributed by atoms with Crippen molar-refractivity contribution >= 4 is 22.6 Å². The van der Waals surface area contributed by atoms with E-state index >= 15 is 0 Å². The lowest BCUT2D eigenvalue weighted by atomic mass is 10.1. The second kappa shape index (κ2) is 9.92. The Bertz CT molecular complexity index is 1330. The monoisotopic (exact) mass is 469 g/mol. The quantitative estimate of drug-likeness (QED) is 0.400. The summed E-state index contributed by atoms with van der Waals surface area (Å²) in [5.41, 5.74) is 5.10. The first-order chi connectivity index (χ1) is 17.0. The van der Waals surface area contributed by atoms with Crippen LogP contribution in [0.5, 0.6) is 5.75 Å². The summed E-state index contributed by atoms with van der Waals surface area (Å²) in [5, 5.41) is 10.9. The number of aliphatic hydroxyl groups is 1. The summed E-state index contributed by atoms with van der Waals surface area (Å²) in [6, 6.07) is 23.9. The highest BCUT2D eigenvalue weighted by molar-refractivity contribution is 5.96. The van der Waals surface area contributed by atoms with E-state index in [2.05, 4.69) is 23.6 Å². The molecule has 0 unspecified atom stereocenters. The van der Waals surface area contributed by atoms with E-state index in [9.17, 15) is 9.90 Å². The van der Waals surface area contributed by atoms with Gasteiger partial charge in [-0.1, -0.05) is 43.3 Å². The van der Waals surface area contributed by atoms with Crippen molar-refractivity contribution in [2.45, 2.75) is 45.3 Å². The normalized spacial score (nSPS) is 16.7. The van der Waals surface area contributed by atoms with Gasteiger partial charge in [-0.2, -0.15) is 0 Å². The third kappa shape index (κ3) is 4.93. The van der Waals surface area contributed by atoms with Crippen LogP contribution in [0.3, 0.4) is 0 Å². The van der Waals surface area contributed by atoms with Crippen LogP contribution in [0.1, 0.15) is 36.2 Å². The van der Waals surface area contributed by atoms with Crippen LogP contribution in [-0.2, 0) is 17.8 Å². The Morgan fingerprint density at radius 1 is 1.09 bits per heavy atom. The van der Waals surface area contributed by atoms with Gasteiger partial charge in [-0.15, -0.1) is 0 Å². The minimum absolute atomic E-state index is 0.0503. The number of aliphatic hydroxyl groups excluding tert-OH is 1. The molecule has 2 heterocycles. The molecule has 180 valence electrons. The first-order valence-electron chi connectivity index (χ1n) is 12.2. The van der Waals surface area contributed by atoms with E-state index < -0.39 is 6.10 Å². The summed E-state index contributed by atoms with van der Waals surface area (Å²) in [7, 11) is 0. The van der Waals surface area contributed by atoms with Crippen LogP contribution in [0.25, 0.3) is 11.0 Å². The van der Waals surface area contributed by atoms with Gasteiger partial charge in [0.2, 0.25) is 5.91 Å². The maximum Gasteiger partial charge on any atom is 0.227 e. The van der Waals surface area contributed by atoms with E-state index in [1.165, 1.54) is 5.56 Å². The molecule has 1 aliphatic heterocycles. The second-order valence-corrected chi connectivity index (χ2v) is 9.28. The molecule has 4 aromatic rings. The largest absolute Gasteiger partial charge is 0.491 e. The number of hydrogen-bond acceptors (Lipinski definition) is 4. The van der Waals surface area contributed by atoms with Gasteiger partial charge < -0.3 is 19.3 Å². The smallest absolute Gasteiger partial charge is 0.227 e. The van der Waals surface area contributed by atoms with Crippen molar-refractivity contribution < 1.29 is 14.6 Å². The molecule has 1 amide bonds. The SMILES string of the molecule is CCc1ccc(N2C[C@H](c3nc4ccccc4n3C[C@H](O)COc3cccc(C)c3)CC2=O)cc1. The summed E-state index contributed by atoms with van der Waals surface area (Å²) in [6.07, 6.45) is 0.646. The Morgan fingerprint density at radius 2 is 1.89 bits per heavy atom. The minimum atomic E-state index is -0.721. The number of benzene rings is 3. The number of para-hydroxylation sites is 2. The zero-order chi connectivity index (χ0) is 24.4. The van der Waals surface area contributed by atoms with Crippen LogP contribution in [-0.4, -0.2) is 39.8 Å². The molecule has 2 atom stereocenters. The molecule has 6 nitrogen and oxygen atoms in total. The van der Waals surface area contributed by atoms with E-state index in [0.29, 0.717) is 19.5 Å². The average Bonchev–Trinajstić information content (AvgIpc) is 3.43. The molecule has 1 N–H and O–H groups in total. The Hall–Kier alpha value is -3.64. The number of ether oxygens (including phenoxy) is 1. The number of imidazole rings is 1. The van der Waals surface area contributed by atoms with Crippen molar-refractivity contribution in [3.05, 3.63) is 89.7 Å². The van der Waals surface area contributed by atoms with Crippen LogP contribution < -0.4 is 9.64 Å². The lowest BCUT2D eigenvalue weighted by molar-refractivity contribution is -0.117. The van der Waals surface area contributed by atoms with Crippen molar-refractivity contribution in [1.29, 1.82) is 0 Å². The third-order valence-electron chi connectivity index (χ3n) is 6.66. The number of rotatable bonds is 8. The number of hydrogen-bond donors (Lipinski definition) is 1. The molecule has 1 saturated heterocycles. The molecule has 1 aromatic heterocycles. The highest BCUT2D eigenvalue weighted by Crippen LogP contribution is 2.33. The number of aromatic nitrogens is 2. The number of amides is 1. The highest BCUT2D eigenvalue weighted by atomic mass is 16.5. The van der Waals surface area contributed by atoms with Crippen molar-refractivity contribution in [3.8, 4) is 5.75 Å². The molecule has 1 fully saturated rings. The molecule has 6 heteroatoms. The molecule has 1 aliphatic rings. The number of carbonyl (C=O) groups is 1. The van der Waals surface area contributed by atoms with Gasteiger partial charge in [-0.3, -0.25) is 4.79 Å². The van der Waals surface area contributed by atoms with Crippen LogP contribution in [0.15, 0.2) is 72.8 Å². The van der Waals surface area contributed by atoms with Crippen molar-refractivity contribution in [2.24, 2.45) is 0 Å². The Labute approximate surface area is 205 Å². The number of nitrogens with zero attached hydrogens (tertiary/aromatic N) is 3. The molecule has 35 heavy (non-hydrogen) atoms. The standard InChI is InChI=1S/C29H31N3O3/c1-3-21-11-13-23(14-12-21)31-17-22(16-28(31)34)29-30-26-9-4-5-10-27(26)32(29)18-24(33)19-35-25-8-6-7-20(2)15-25/h4-15,22,24,33H,3,16-19H2,1-2H3/t22-,24+/m1/s1. The molecule has 0 aliphatic carbocycles. The molecular formula is C29H31N3O3. The van der Waals surface area contributed by atoms with Crippen LogP contribution >= 0.6 is 0 Å². The topological polar surface area (TPSA) is 67.6 Å². The Kier molecular flexibility index (Phi) is 6.55. The van der Waals surface area contributed by atoms with Crippen LogP contribution in [0.2, 0.25) is 0 Å². The summed E-state index contributed by atoms with van der Waals surface area (Å²) in [6.45, 7) is 5.23. The van der Waals surface area contributed by atoms with Gasteiger partial charge >= 0.3 is 0 Å². The third-order valence-corrected chi connectivity index (χ3v) is 6.66. The highest BCUT2D eigenvalue weighted by Gasteiger charge is 2.35. The number of aryl methyl sites for hydroxylation is 2. The first-order valence-corrected chi connectivity index (χ1v) is 12.2. The first kappa shape index (κ1) is 23.1. The maximum atomic E-state index is 13.0. The van der Waals surface area contributed by atoms with E-state index in [1.54, 1.807) is 0 Å². The summed E-state index contributed by atoms with van der Waals surface area (Å²) in [5.74, 6) is 1.62. The maximum absolute atomic E-state index is 13.0. The lowest BCUT2D eigenvalue weighted by Crippen LogP contribution is -2.26. The molecule has 5 rings (SSSR count). The summed E-state index contributed by atoms with van der Waals surface area (Å²) in [4.78, 5) is 19.7. The fourth-order valence-electron chi connectivity index (χ4n) is 4.80. The molecule has 0 saturated carbocycles. The van der Waals surface area contributed by atoms with Gasteiger partial charge in [0.25, 0.3) is 0 Å². The van der Waals surface area contributed by atoms with Gasteiger partial charge in [0.05, 0.1) is 17.6 Å². The minimum Gasteiger partial charge on any atom is -0.491 e. The molecular weight excluding hydrogens is 438 g/mol. The average molecular weight is 470 g/mol. The molecule has 3 aromatic carbocycles. The zero-order valence-corrected chi connectivity index (χ0v) is 20.2. The van der Waals surface area contributed by atoms with Gasteiger partial charge in [-0.25, -0.2) is 4.98 Å². The van der Waals surface area contributed by atoms with Gasteiger partial charge in [0.15, 0.2) is 0 Å². The fourth-order valence-corrected chi connectivity index (χ4v) is 4.80. The van der Waals surface area contributed by atoms with E-state index in [-0.39, 0.29) is 18.4 Å². The molecule has 0 radical (unpaired) electrons. The van der Waals surface area contributed by atoms with Gasteiger partial charge in [0, 0.05) is 24.6 Å². The van der Waals surface area contributed by atoms with Crippen LogP contribution in [0.4, 0.5) is 5.69 Å². The van der Waals surface area contributed by atoms with Crippen molar-refractivity contribution in [2.75, 3.05) is 18.1 Å². The Balaban J connectivity index is 1.37. The second-order valence-electron chi connectivity index (χ2n) is 9.28.